The molecule has 0 atom stereocenters. The van der Waals surface area contributed by atoms with Crippen LogP contribution in [0.25, 0.3) is 28.2 Å². The average molecular weight is 531 g/mol. The van der Waals surface area contributed by atoms with Gasteiger partial charge >= 0.3 is 6.36 Å². The van der Waals surface area contributed by atoms with Crippen LogP contribution in [0, 0.1) is 5.41 Å². The summed E-state index contributed by atoms with van der Waals surface area (Å²) in [7, 11) is 1.56. The molecule has 0 amide bonds. The second kappa shape index (κ2) is 10.3. The predicted molar refractivity (Wildman–Crippen MR) is 138 cm³/mol. The molecular formula is C27H25F3N2O4S. The number of alkyl halides is 3. The third-order valence-corrected chi connectivity index (χ3v) is 5.93. The van der Waals surface area contributed by atoms with Crippen molar-refractivity contribution in [2.45, 2.75) is 27.1 Å². The summed E-state index contributed by atoms with van der Waals surface area (Å²) in [6.07, 6.45) is 0.260. The molecule has 0 spiro atoms. The molecular weight excluding hydrogens is 505 g/mol. The molecule has 4 rings (SSSR count). The van der Waals surface area contributed by atoms with Gasteiger partial charge in [-0.05, 0) is 41.3 Å². The molecule has 10 heteroatoms. The molecule has 2 aromatic heterocycles. The third kappa shape index (κ3) is 6.32. The number of methoxy groups -OCH3 is 1. The summed E-state index contributed by atoms with van der Waals surface area (Å²) >= 11 is 1.30. The van der Waals surface area contributed by atoms with Gasteiger partial charge in [0.2, 0.25) is 0 Å². The molecule has 0 aliphatic rings. The van der Waals surface area contributed by atoms with Crippen LogP contribution in [-0.2, 0) is 0 Å². The number of benzene rings is 2. The highest BCUT2D eigenvalue weighted by molar-refractivity contribution is 7.15. The molecule has 2 heterocycles. The summed E-state index contributed by atoms with van der Waals surface area (Å²) in [5.74, 6) is 0.740. The van der Waals surface area contributed by atoms with Crippen LogP contribution in [0.2, 0.25) is 0 Å². The molecule has 0 unspecified atom stereocenters. The number of hydrogen-bond donors (Lipinski definition) is 0. The topological polar surface area (TPSA) is 62.1 Å². The summed E-state index contributed by atoms with van der Waals surface area (Å²) in [6.45, 7) is 6.63. The van der Waals surface area contributed by atoms with Gasteiger partial charge in [-0.2, -0.15) is 0 Å². The van der Waals surface area contributed by atoms with Crippen LogP contribution in [0.1, 0.15) is 32.0 Å². The normalized spacial score (nSPS) is 12.3. The monoisotopic (exact) mass is 530 g/mol. The number of halogens is 3. The van der Waals surface area contributed by atoms with Gasteiger partial charge in [-0.1, -0.05) is 45.0 Å². The predicted octanol–water partition coefficient (Wildman–Crippen LogP) is 6.93. The van der Waals surface area contributed by atoms with E-state index in [4.69, 9.17) is 9.47 Å². The second-order valence-electron chi connectivity index (χ2n) is 9.37. The first-order chi connectivity index (χ1) is 17.4. The first-order valence-corrected chi connectivity index (χ1v) is 12.2. The van der Waals surface area contributed by atoms with E-state index in [1.54, 1.807) is 36.9 Å². The van der Waals surface area contributed by atoms with Crippen LogP contribution in [0.5, 0.6) is 17.2 Å². The van der Waals surface area contributed by atoms with E-state index in [-0.39, 0.29) is 22.3 Å². The zero-order valence-corrected chi connectivity index (χ0v) is 21.4. The Morgan fingerprint density at radius 3 is 2.43 bits per heavy atom. The number of hydrogen-bond acceptors (Lipinski definition) is 6. The van der Waals surface area contributed by atoms with Crippen molar-refractivity contribution in [3.05, 3.63) is 75.7 Å². The van der Waals surface area contributed by atoms with Gasteiger partial charge in [0.05, 0.1) is 25.0 Å². The maximum Gasteiger partial charge on any atom is 0.573 e. The number of aromatic nitrogens is 2. The molecule has 37 heavy (non-hydrogen) atoms. The van der Waals surface area contributed by atoms with Gasteiger partial charge in [0, 0.05) is 17.1 Å². The molecule has 0 saturated heterocycles. The summed E-state index contributed by atoms with van der Waals surface area (Å²) in [5, 5.41) is 1.74. The summed E-state index contributed by atoms with van der Waals surface area (Å²) in [5.41, 5.74) is 1.30. The third-order valence-electron chi connectivity index (χ3n) is 5.17. The van der Waals surface area contributed by atoms with Crippen LogP contribution in [0.15, 0.2) is 58.8 Å². The van der Waals surface area contributed by atoms with Gasteiger partial charge < -0.3 is 14.2 Å². The lowest BCUT2D eigenvalue weighted by Gasteiger charge is -2.21. The molecule has 0 fully saturated rings. The minimum absolute atomic E-state index is 0.0859. The molecule has 4 aromatic rings. The van der Waals surface area contributed by atoms with Crippen molar-refractivity contribution < 1.29 is 27.4 Å². The molecule has 0 saturated carbocycles. The SMILES string of the molecule is COc1cccc(C=Cc2nc3sccn3c(=O)c2-c2ccc(OC(F)(F)F)cc2)c1OCC(C)(C)C. The van der Waals surface area contributed by atoms with E-state index < -0.39 is 6.36 Å². The van der Waals surface area contributed by atoms with Crippen molar-refractivity contribution in [2.24, 2.45) is 5.41 Å². The highest BCUT2D eigenvalue weighted by atomic mass is 32.1. The summed E-state index contributed by atoms with van der Waals surface area (Å²) < 4.78 is 54.7. The standard InChI is InChI=1S/C27H25F3N2O4S/c1-26(2,3)16-35-23-18(6-5-7-21(23)34-4)10-13-20-22(24(33)32-14-15-37-25(32)31-20)17-8-11-19(12-9-17)36-27(28,29)30/h5-15H,16H2,1-4H3. The van der Waals surface area contributed by atoms with E-state index >= 15 is 0 Å². The Bertz CT molecular complexity index is 1480. The van der Waals surface area contributed by atoms with Crippen LogP contribution in [0.4, 0.5) is 13.2 Å². The molecule has 0 aliphatic carbocycles. The Hall–Kier alpha value is -3.79. The number of rotatable bonds is 7. The quantitative estimate of drug-likeness (QED) is 0.259. The number of para-hydroxylation sites is 1. The largest absolute Gasteiger partial charge is 0.573 e. The first-order valence-electron chi connectivity index (χ1n) is 11.3. The minimum atomic E-state index is -4.81. The fourth-order valence-corrected chi connectivity index (χ4v) is 4.26. The molecule has 194 valence electrons. The minimum Gasteiger partial charge on any atom is -0.493 e. The number of fused-ring (bicyclic) bond motifs is 1. The van der Waals surface area contributed by atoms with Crippen molar-refractivity contribution in [1.29, 1.82) is 0 Å². The first kappa shape index (κ1) is 26.3. The lowest BCUT2D eigenvalue weighted by Crippen LogP contribution is -2.18. The van der Waals surface area contributed by atoms with E-state index in [0.29, 0.717) is 34.3 Å². The van der Waals surface area contributed by atoms with E-state index in [9.17, 15) is 18.0 Å². The Morgan fingerprint density at radius 2 is 1.78 bits per heavy atom. The average Bonchev–Trinajstić information content (AvgIpc) is 3.30. The van der Waals surface area contributed by atoms with Crippen molar-refractivity contribution in [3.8, 4) is 28.4 Å². The highest BCUT2D eigenvalue weighted by Crippen LogP contribution is 2.34. The lowest BCUT2D eigenvalue weighted by molar-refractivity contribution is -0.274. The molecule has 0 N–H and O–H groups in total. The fourth-order valence-electron chi connectivity index (χ4n) is 3.55. The molecule has 6 nitrogen and oxygen atoms in total. The maximum atomic E-state index is 13.4. The van der Waals surface area contributed by atoms with Gasteiger partial charge in [0.15, 0.2) is 16.5 Å². The Labute approximate surface area is 215 Å². The number of ether oxygens (including phenoxy) is 3. The van der Waals surface area contributed by atoms with Crippen LogP contribution >= 0.6 is 11.3 Å². The van der Waals surface area contributed by atoms with Crippen molar-refractivity contribution >= 4 is 28.4 Å². The van der Waals surface area contributed by atoms with Gasteiger partial charge in [0.1, 0.15) is 5.75 Å². The smallest absolute Gasteiger partial charge is 0.493 e. The van der Waals surface area contributed by atoms with E-state index in [1.165, 1.54) is 40.0 Å². The van der Waals surface area contributed by atoms with Gasteiger partial charge in [-0.25, -0.2) is 4.98 Å². The Balaban J connectivity index is 1.79. The molecule has 2 aromatic carbocycles. The van der Waals surface area contributed by atoms with Crippen LogP contribution in [0.3, 0.4) is 0 Å². The molecule has 0 radical (unpaired) electrons. The summed E-state index contributed by atoms with van der Waals surface area (Å²) in [6, 6.07) is 10.6. The zero-order valence-electron chi connectivity index (χ0n) is 20.6. The lowest BCUT2D eigenvalue weighted by atomic mass is 9.98. The highest BCUT2D eigenvalue weighted by Gasteiger charge is 2.31. The van der Waals surface area contributed by atoms with Crippen molar-refractivity contribution in [3.63, 3.8) is 0 Å². The second-order valence-corrected chi connectivity index (χ2v) is 10.2. The van der Waals surface area contributed by atoms with Gasteiger partial charge in [-0.15, -0.1) is 24.5 Å². The molecule has 0 bridgehead atoms. The van der Waals surface area contributed by atoms with E-state index in [2.05, 4.69) is 30.5 Å². The van der Waals surface area contributed by atoms with Crippen LogP contribution < -0.4 is 19.8 Å². The van der Waals surface area contributed by atoms with Crippen LogP contribution in [-0.4, -0.2) is 29.5 Å². The number of thiazole rings is 1. The van der Waals surface area contributed by atoms with Crippen molar-refractivity contribution in [2.75, 3.05) is 13.7 Å². The van der Waals surface area contributed by atoms with Crippen molar-refractivity contribution in [1.82, 2.24) is 9.38 Å². The van der Waals surface area contributed by atoms with E-state index in [1.807, 2.05) is 12.1 Å². The van der Waals surface area contributed by atoms with Gasteiger partial charge in [0.25, 0.3) is 5.56 Å². The Morgan fingerprint density at radius 1 is 1.05 bits per heavy atom. The number of nitrogens with zero attached hydrogens (tertiary/aromatic N) is 2. The van der Waals surface area contributed by atoms with Gasteiger partial charge in [-0.3, -0.25) is 9.20 Å². The molecule has 0 aliphatic heterocycles. The zero-order chi connectivity index (χ0) is 26.8. The maximum absolute atomic E-state index is 13.4. The summed E-state index contributed by atoms with van der Waals surface area (Å²) in [4.78, 5) is 18.5. The fraction of sp³-hybridized carbons (Fsp3) is 0.259. The Kier molecular flexibility index (Phi) is 7.31. The van der Waals surface area contributed by atoms with E-state index in [0.717, 1.165) is 5.56 Å².